The first-order chi connectivity index (χ1) is 4.63. The minimum absolute atomic E-state index is 0.194. The number of halogens is 2. The summed E-state index contributed by atoms with van der Waals surface area (Å²) < 4.78 is 25.1. The van der Waals surface area contributed by atoms with Crippen LogP contribution in [0.25, 0.3) is 0 Å². The smallest absolute Gasteiger partial charge is 0.285 e. The number of aliphatic hydroxyl groups is 1. The standard InChI is InChI=1S/C6H11F2NO/c7-6(8)4-9-3-1-2-5(6)10/h5,9-10H,1-4H2. The average molecular weight is 151 g/mol. The zero-order valence-corrected chi connectivity index (χ0v) is 5.61. The number of hydrogen-bond acceptors (Lipinski definition) is 2. The Morgan fingerprint density at radius 1 is 1.50 bits per heavy atom. The quantitative estimate of drug-likeness (QED) is 0.524. The van der Waals surface area contributed by atoms with Gasteiger partial charge in [0.15, 0.2) is 0 Å². The van der Waals surface area contributed by atoms with Gasteiger partial charge in [-0.3, -0.25) is 0 Å². The van der Waals surface area contributed by atoms with Crippen molar-refractivity contribution in [3.63, 3.8) is 0 Å². The molecule has 0 radical (unpaired) electrons. The molecule has 0 bridgehead atoms. The van der Waals surface area contributed by atoms with E-state index in [0.717, 1.165) is 0 Å². The van der Waals surface area contributed by atoms with Gasteiger partial charge >= 0.3 is 0 Å². The lowest BCUT2D eigenvalue weighted by molar-refractivity contribution is -0.102. The summed E-state index contributed by atoms with van der Waals surface area (Å²) in [5.41, 5.74) is 0. The number of alkyl halides is 2. The van der Waals surface area contributed by atoms with Crippen LogP contribution in [0.2, 0.25) is 0 Å². The number of rotatable bonds is 0. The Bertz CT molecular complexity index is 118. The first-order valence-electron chi connectivity index (χ1n) is 3.39. The highest BCUT2D eigenvalue weighted by atomic mass is 19.3. The number of nitrogens with one attached hydrogen (secondary N) is 1. The van der Waals surface area contributed by atoms with E-state index < -0.39 is 18.6 Å². The molecule has 1 atom stereocenters. The molecular weight excluding hydrogens is 140 g/mol. The van der Waals surface area contributed by atoms with Crippen molar-refractivity contribution >= 4 is 0 Å². The van der Waals surface area contributed by atoms with Crippen LogP contribution in [0.15, 0.2) is 0 Å². The number of aliphatic hydroxyl groups excluding tert-OH is 1. The van der Waals surface area contributed by atoms with Gasteiger partial charge in [0.2, 0.25) is 0 Å². The highest BCUT2D eigenvalue weighted by Crippen LogP contribution is 2.22. The lowest BCUT2D eigenvalue weighted by atomic mass is 10.1. The Kier molecular flexibility index (Phi) is 2.21. The summed E-state index contributed by atoms with van der Waals surface area (Å²) >= 11 is 0. The highest BCUT2D eigenvalue weighted by molar-refractivity contribution is 4.81. The summed E-state index contributed by atoms with van der Waals surface area (Å²) in [6.45, 7) is 0.181. The van der Waals surface area contributed by atoms with Crippen LogP contribution in [0.3, 0.4) is 0 Å². The molecular formula is C6H11F2NO. The van der Waals surface area contributed by atoms with Crippen molar-refractivity contribution in [2.45, 2.75) is 24.9 Å². The molecule has 10 heavy (non-hydrogen) atoms. The van der Waals surface area contributed by atoms with Crippen LogP contribution in [0.4, 0.5) is 8.78 Å². The minimum Gasteiger partial charge on any atom is -0.387 e. The first-order valence-corrected chi connectivity index (χ1v) is 3.39. The Labute approximate surface area is 58.2 Å². The SMILES string of the molecule is OC1CCCNCC1(F)F. The van der Waals surface area contributed by atoms with Gasteiger partial charge in [0.1, 0.15) is 6.10 Å². The molecule has 0 aromatic heterocycles. The van der Waals surface area contributed by atoms with Crippen molar-refractivity contribution in [2.75, 3.05) is 13.1 Å². The van der Waals surface area contributed by atoms with Crippen LogP contribution in [-0.2, 0) is 0 Å². The molecule has 0 aromatic carbocycles. The van der Waals surface area contributed by atoms with Gasteiger partial charge in [-0.25, -0.2) is 8.78 Å². The monoisotopic (exact) mass is 151 g/mol. The van der Waals surface area contributed by atoms with Gasteiger partial charge in [0, 0.05) is 0 Å². The molecule has 0 amide bonds. The summed E-state index contributed by atoms with van der Waals surface area (Å²) in [5, 5.41) is 11.4. The molecule has 0 aliphatic carbocycles. The summed E-state index contributed by atoms with van der Waals surface area (Å²) in [5.74, 6) is -2.93. The predicted molar refractivity (Wildman–Crippen MR) is 33.1 cm³/mol. The molecule has 1 saturated heterocycles. The average Bonchev–Trinajstić information content (AvgIpc) is 1.96. The molecule has 1 rings (SSSR count). The molecule has 2 nitrogen and oxygen atoms in total. The van der Waals surface area contributed by atoms with E-state index in [2.05, 4.69) is 5.32 Å². The van der Waals surface area contributed by atoms with E-state index in [9.17, 15) is 8.78 Å². The van der Waals surface area contributed by atoms with Gasteiger partial charge in [-0.2, -0.15) is 0 Å². The van der Waals surface area contributed by atoms with E-state index in [1.165, 1.54) is 0 Å². The molecule has 1 fully saturated rings. The van der Waals surface area contributed by atoms with Gasteiger partial charge in [0.05, 0.1) is 6.54 Å². The van der Waals surface area contributed by atoms with Crippen molar-refractivity contribution < 1.29 is 13.9 Å². The topological polar surface area (TPSA) is 32.3 Å². The van der Waals surface area contributed by atoms with E-state index >= 15 is 0 Å². The van der Waals surface area contributed by atoms with Gasteiger partial charge in [0.25, 0.3) is 5.92 Å². The van der Waals surface area contributed by atoms with Crippen molar-refractivity contribution in [1.82, 2.24) is 5.32 Å². The third-order valence-corrected chi connectivity index (χ3v) is 1.68. The maximum atomic E-state index is 12.5. The Morgan fingerprint density at radius 2 is 2.20 bits per heavy atom. The molecule has 60 valence electrons. The van der Waals surface area contributed by atoms with E-state index in [1.54, 1.807) is 0 Å². The fourth-order valence-corrected chi connectivity index (χ4v) is 1.00. The van der Waals surface area contributed by atoms with E-state index in [4.69, 9.17) is 5.11 Å². The van der Waals surface area contributed by atoms with Crippen LogP contribution in [-0.4, -0.2) is 30.2 Å². The molecule has 0 aromatic rings. The summed E-state index contributed by atoms with van der Waals surface area (Å²) in [7, 11) is 0. The fraction of sp³-hybridized carbons (Fsp3) is 1.00. The van der Waals surface area contributed by atoms with Crippen LogP contribution in [0.5, 0.6) is 0 Å². The fourth-order valence-electron chi connectivity index (χ4n) is 1.00. The molecule has 0 saturated carbocycles. The first kappa shape index (κ1) is 7.88. The molecule has 4 heteroatoms. The second kappa shape index (κ2) is 2.80. The Balaban J connectivity index is 2.52. The van der Waals surface area contributed by atoms with Crippen molar-refractivity contribution in [2.24, 2.45) is 0 Å². The van der Waals surface area contributed by atoms with E-state index in [1.807, 2.05) is 0 Å². The summed E-state index contributed by atoms with van der Waals surface area (Å²) in [6.07, 6.45) is -0.640. The van der Waals surface area contributed by atoms with E-state index in [-0.39, 0.29) is 6.42 Å². The zero-order valence-electron chi connectivity index (χ0n) is 5.61. The highest BCUT2D eigenvalue weighted by Gasteiger charge is 2.38. The van der Waals surface area contributed by atoms with Crippen LogP contribution >= 0.6 is 0 Å². The molecule has 1 unspecified atom stereocenters. The molecule has 2 N–H and O–H groups in total. The zero-order chi connectivity index (χ0) is 7.61. The third-order valence-electron chi connectivity index (χ3n) is 1.68. The van der Waals surface area contributed by atoms with Crippen molar-refractivity contribution in [1.29, 1.82) is 0 Å². The second-order valence-electron chi connectivity index (χ2n) is 2.60. The molecule has 1 aliphatic heterocycles. The second-order valence-corrected chi connectivity index (χ2v) is 2.60. The largest absolute Gasteiger partial charge is 0.387 e. The molecule has 0 spiro atoms. The van der Waals surface area contributed by atoms with Gasteiger partial charge in [-0.1, -0.05) is 0 Å². The van der Waals surface area contributed by atoms with Gasteiger partial charge in [-0.05, 0) is 19.4 Å². The van der Waals surface area contributed by atoms with Crippen molar-refractivity contribution in [3.8, 4) is 0 Å². The Hall–Kier alpha value is -0.220. The lowest BCUT2D eigenvalue weighted by Crippen LogP contribution is -2.40. The summed E-state index contributed by atoms with van der Waals surface area (Å²) in [6, 6.07) is 0. The minimum atomic E-state index is -2.93. The van der Waals surface area contributed by atoms with E-state index in [0.29, 0.717) is 13.0 Å². The predicted octanol–water partition coefficient (Wildman–Crippen LogP) is 0.366. The maximum absolute atomic E-state index is 12.5. The normalized spacial score (nSPS) is 33.3. The third kappa shape index (κ3) is 1.64. The number of hydrogen-bond donors (Lipinski definition) is 2. The summed E-state index contributed by atoms with van der Waals surface area (Å²) in [4.78, 5) is 0. The Morgan fingerprint density at radius 3 is 2.90 bits per heavy atom. The van der Waals surface area contributed by atoms with Gasteiger partial charge in [-0.15, -0.1) is 0 Å². The maximum Gasteiger partial charge on any atom is 0.285 e. The lowest BCUT2D eigenvalue weighted by Gasteiger charge is -2.18. The van der Waals surface area contributed by atoms with Crippen LogP contribution < -0.4 is 5.32 Å². The van der Waals surface area contributed by atoms with Crippen LogP contribution in [0, 0.1) is 0 Å². The van der Waals surface area contributed by atoms with Gasteiger partial charge < -0.3 is 10.4 Å². The van der Waals surface area contributed by atoms with Crippen molar-refractivity contribution in [3.05, 3.63) is 0 Å². The van der Waals surface area contributed by atoms with Crippen LogP contribution in [0.1, 0.15) is 12.8 Å². The molecule has 1 heterocycles. The molecule has 1 aliphatic rings.